The van der Waals surface area contributed by atoms with E-state index >= 15 is 0 Å². The molecule has 0 aliphatic rings. The second-order valence-electron chi connectivity index (χ2n) is 4.50. The highest BCUT2D eigenvalue weighted by atomic mass is 15.3. The average molecular weight is 238 g/mol. The van der Waals surface area contributed by atoms with Crippen LogP contribution in [0.5, 0.6) is 0 Å². The van der Waals surface area contributed by atoms with Crippen LogP contribution in [-0.2, 0) is 13.1 Å². The third-order valence-electron chi connectivity index (χ3n) is 3.09. The first kappa shape index (κ1) is 14.2. The van der Waals surface area contributed by atoms with Crippen LogP contribution in [0.25, 0.3) is 0 Å². The summed E-state index contributed by atoms with van der Waals surface area (Å²) >= 11 is 0. The molecule has 1 heterocycles. The second-order valence-corrected chi connectivity index (χ2v) is 4.50. The average Bonchev–Trinajstić information content (AvgIpc) is 2.80. The van der Waals surface area contributed by atoms with Crippen molar-refractivity contribution in [2.24, 2.45) is 0 Å². The molecule has 1 aromatic rings. The molecule has 0 saturated heterocycles. The summed E-state index contributed by atoms with van der Waals surface area (Å²) in [5.74, 6) is 1.05. The molecule has 1 aromatic heterocycles. The molecule has 0 aliphatic carbocycles. The maximum absolute atomic E-state index is 4.29. The van der Waals surface area contributed by atoms with Gasteiger partial charge < -0.3 is 5.32 Å². The Morgan fingerprint density at radius 2 is 2.06 bits per heavy atom. The van der Waals surface area contributed by atoms with E-state index in [1.54, 1.807) is 6.33 Å². The zero-order chi connectivity index (χ0) is 12.5. The molecule has 0 amide bonds. The Labute approximate surface area is 105 Å². The number of aryl methyl sites for hydroxylation is 1. The highest BCUT2D eigenvalue weighted by Crippen LogP contribution is 2.07. The summed E-state index contributed by atoms with van der Waals surface area (Å²) in [6.07, 6.45) is 7.97. The van der Waals surface area contributed by atoms with Crippen LogP contribution in [0.4, 0.5) is 0 Å². The fourth-order valence-corrected chi connectivity index (χ4v) is 2.07. The van der Waals surface area contributed by atoms with Crippen molar-refractivity contribution in [2.75, 3.05) is 0 Å². The Balaban J connectivity index is 2.39. The van der Waals surface area contributed by atoms with Gasteiger partial charge in [0.15, 0.2) is 0 Å². The maximum Gasteiger partial charge on any atom is 0.140 e. The van der Waals surface area contributed by atoms with Gasteiger partial charge in [0.05, 0.1) is 6.54 Å². The fraction of sp³-hybridized carbons (Fsp3) is 0.846. The third kappa shape index (κ3) is 4.86. The van der Waals surface area contributed by atoms with Crippen molar-refractivity contribution in [3.8, 4) is 0 Å². The van der Waals surface area contributed by atoms with Crippen molar-refractivity contribution in [1.29, 1.82) is 0 Å². The highest BCUT2D eigenvalue weighted by molar-refractivity contribution is 4.84. The first-order chi connectivity index (χ1) is 8.31. The molecular formula is C13H26N4. The molecule has 1 N–H and O–H groups in total. The van der Waals surface area contributed by atoms with Crippen LogP contribution in [0.15, 0.2) is 6.33 Å². The topological polar surface area (TPSA) is 42.7 Å². The first-order valence-corrected chi connectivity index (χ1v) is 6.91. The van der Waals surface area contributed by atoms with Gasteiger partial charge in [-0.25, -0.2) is 9.67 Å². The number of nitrogens with one attached hydrogen (secondary N) is 1. The monoisotopic (exact) mass is 238 g/mol. The molecule has 0 spiro atoms. The second kappa shape index (κ2) is 8.23. The van der Waals surface area contributed by atoms with Crippen LogP contribution < -0.4 is 5.32 Å². The van der Waals surface area contributed by atoms with Gasteiger partial charge in [-0.1, -0.05) is 33.1 Å². The Kier molecular flexibility index (Phi) is 6.86. The van der Waals surface area contributed by atoms with E-state index in [0.717, 1.165) is 18.9 Å². The molecule has 0 saturated carbocycles. The highest BCUT2D eigenvalue weighted by Gasteiger charge is 2.08. The zero-order valence-corrected chi connectivity index (χ0v) is 11.4. The molecule has 1 rings (SSSR count). The van der Waals surface area contributed by atoms with Crippen LogP contribution >= 0.6 is 0 Å². The van der Waals surface area contributed by atoms with Gasteiger partial charge in [-0.15, -0.1) is 0 Å². The normalized spacial score (nSPS) is 12.9. The van der Waals surface area contributed by atoms with E-state index in [1.165, 1.54) is 32.1 Å². The minimum Gasteiger partial charge on any atom is -0.307 e. The first-order valence-electron chi connectivity index (χ1n) is 6.91. The summed E-state index contributed by atoms with van der Waals surface area (Å²) in [6.45, 7) is 8.32. The molecule has 0 aromatic carbocycles. The molecular weight excluding hydrogens is 212 g/mol. The van der Waals surface area contributed by atoms with Gasteiger partial charge in [0.25, 0.3) is 0 Å². The Morgan fingerprint density at radius 1 is 1.24 bits per heavy atom. The lowest BCUT2D eigenvalue weighted by Crippen LogP contribution is -2.29. The Morgan fingerprint density at radius 3 is 2.71 bits per heavy atom. The van der Waals surface area contributed by atoms with Crippen molar-refractivity contribution < 1.29 is 0 Å². The van der Waals surface area contributed by atoms with Crippen LogP contribution in [-0.4, -0.2) is 20.8 Å². The van der Waals surface area contributed by atoms with Crippen molar-refractivity contribution in [1.82, 2.24) is 20.1 Å². The van der Waals surface area contributed by atoms with Crippen molar-refractivity contribution in [3.05, 3.63) is 12.2 Å². The van der Waals surface area contributed by atoms with E-state index in [9.17, 15) is 0 Å². The fourth-order valence-electron chi connectivity index (χ4n) is 2.07. The summed E-state index contributed by atoms with van der Waals surface area (Å²) in [4.78, 5) is 4.29. The quantitative estimate of drug-likeness (QED) is 0.719. The summed E-state index contributed by atoms with van der Waals surface area (Å²) in [5, 5.41) is 7.80. The van der Waals surface area contributed by atoms with Gasteiger partial charge in [-0.2, -0.15) is 5.10 Å². The van der Waals surface area contributed by atoms with Crippen LogP contribution in [0.2, 0.25) is 0 Å². The lowest BCUT2D eigenvalue weighted by Gasteiger charge is -2.17. The van der Waals surface area contributed by atoms with E-state index in [2.05, 4.69) is 36.2 Å². The van der Waals surface area contributed by atoms with Crippen LogP contribution in [0, 0.1) is 0 Å². The number of rotatable bonds is 9. The molecule has 4 nitrogen and oxygen atoms in total. The molecule has 0 bridgehead atoms. The third-order valence-corrected chi connectivity index (χ3v) is 3.09. The largest absolute Gasteiger partial charge is 0.307 e. The molecule has 98 valence electrons. The molecule has 1 atom stereocenters. The summed E-state index contributed by atoms with van der Waals surface area (Å²) in [7, 11) is 0. The van der Waals surface area contributed by atoms with E-state index < -0.39 is 0 Å². The molecule has 1 unspecified atom stereocenters. The number of nitrogens with zero attached hydrogens (tertiary/aromatic N) is 3. The lowest BCUT2D eigenvalue weighted by molar-refractivity contribution is 0.421. The molecule has 17 heavy (non-hydrogen) atoms. The van der Waals surface area contributed by atoms with Crippen molar-refractivity contribution in [2.45, 2.75) is 72.0 Å². The number of unbranched alkanes of at least 4 members (excludes halogenated alkanes) is 1. The smallest absolute Gasteiger partial charge is 0.140 e. The minimum atomic E-state index is 0.627. The number of hydrogen-bond donors (Lipinski definition) is 1. The zero-order valence-electron chi connectivity index (χ0n) is 11.4. The van der Waals surface area contributed by atoms with Gasteiger partial charge in [-0.3, -0.25) is 0 Å². The van der Waals surface area contributed by atoms with Gasteiger partial charge in [0.1, 0.15) is 12.2 Å². The van der Waals surface area contributed by atoms with E-state index in [4.69, 9.17) is 0 Å². The molecule has 0 aliphatic heterocycles. The predicted octanol–water partition coefficient (Wildman–Crippen LogP) is 2.75. The molecule has 4 heteroatoms. The number of aromatic nitrogens is 3. The Bertz CT molecular complexity index is 295. The van der Waals surface area contributed by atoms with Gasteiger partial charge in [-0.05, 0) is 19.8 Å². The van der Waals surface area contributed by atoms with E-state index in [0.29, 0.717) is 6.04 Å². The number of hydrogen-bond acceptors (Lipinski definition) is 3. The lowest BCUT2D eigenvalue weighted by atomic mass is 10.1. The standard InChI is InChI=1S/C13H26N4/c1-4-7-9-12(8-5-2)14-10-13-15-11-16-17(13)6-3/h11-12,14H,4-10H2,1-3H3. The SMILES string of the molecule is CCCCC(CCC)NCc1ncnn1CC. The minimum absolute atomic E-state index is 0.627. The summed E-state index contributed by atoms with van der Waals surface area (Å²) < 4.78 is 1.95. The van der Waals surface area contributed by atoms with Crippen molar-refractivity contribution in [3.63, 3.8) is 0 Å². The van der Waals surface area contributed by atoms with Gasteiger partial charge in [0.2, 0.25) is 0 Å². The summed E-state index contributed by atoms with van der Waals surface area (Å²) in [5.41, 5.74) is 0. The Hall–Kier alpha value is -0.900. The summed E-state index contributed by atoms with van der Waals surface area (Å²) in [6, 6.07) is 0.627. The molecule has 0 fully saturated rings. The van der Waals surface area contributed by atoms with E-state index in [-0.39, 0.29) is 0 Å². The maximum atomic E-state index is 4.29. The van der Waals surface area contributed by atoms with E-state index in [1.807, 2.05) is 4.68 Å². The van der Waals surface area contributed by atoms with Gasteiger partial charge in [0, 0.05) is 12.6 Å². The van der Waals surface area contributed by atoms with Crippen molar-refractivity contribution >= 4 is 0 Å². The van der Waals surface area contributed by atoms with Gasteiger partial charge >= 0.3 is 0 Å². The van der Waals surface area contributed by atoms with Crippen LogP contribution in [0.1, 0.15) is 58.7 Å². The molecule has 0 radical (unpaired) electrons. The van der Waals surface area contributed by atoms with Crippen LogP contribution in [0.3, 0.4) is 0 Å². The predicted molar refractivity (Wildman–Crippen MR) is 70.8 cm³/mol.